The fourth-order valence-corrected chi connectivity index (χ4v) is 2.44. The standard InChI is InChI=1S/C16H16ClNO/c17-15-7-5-13(6-8-15)12-1-3-14(4-2-12)16-11-18-9-10-19-16/h1-8,16,18H,9-11H2. The normalized spacial score (nSPS) is 19.3. The number of halogens is 1. The molecule has 1 heterocycles. The molecule has 1 unspecified atom stereocenters. The lowest BCUT2D eigenvalue weighted by Gasteiger charge is -2.24. The molecule has 2 nitrogen and oxygen atoms in total. The SMILES string of the molecule is Clc1ccc(-c2ccc(C3CNCCO3)cc2)cc1. The first-order valence-electron chi connectivity index (χ1n) is 6.51. The predicted molar refractivity (Wildman–Crippen MR) is 78.5 cm³/mol. The van der Waals surface area contributed by atoms with Crippen LogP contribution < -0.4 is 5.32 Å². The van der Waals surface area contributed by atoms with E-state index in [1.807, 2.05) is 24.3 Å². The third-order valence-corrected chi connectivity index (χ3v) is 3.64. The van der Waals surface area contributed by atoms with E-state index in [1.165, 1.54) is 16.7 Å². The maximum absolute atomic E-state index is 5.90. The van der Waals surface area contributed by atoms with Gasteiger partial charge in [-0.2, -0.15) is 0 Å². The Morgan fingerprint density at radius 1 is 0.947 bits per heavy atom. The molecule has 1 saturated heterocycles. The fourth-order valence-electron chi connectivity index (χ4n) is 2.31. The Hall–Kier alpha value is -1.35. The Morgan fingerprint density at radius 2 is 1.58 bits per heavy atom. The summed E-state index contributed by atoms with van der Waals surface area (Å²) in [7, 11) is 0. The Bertz CT molecular complexity index is 530. The van der Waals surface area contributed by atoms with Gasteiger partial charge in [0.05, 0.1) is 12.7 Å². The maximum Gasteiger partial charge on any atom is 0.0949 e. The number of rotatable bonds is 2. The summed E-state index contributed by atoms with van der Waals surface area (Å²) >= 11 is 5.90. The van der Waals surface area contributed by atoms with E-state index in [-0.39, 0.29) is 6.10 Å². The van der Waals surface area contributed by atoms with Gasteiger partial charge in [0.25, 0.3) is 0 Å². The van der Waals surface area contributed by atoms with Crippen LogP contribution in [0.15, 0.2) is 48.5 Å². The maximum atomic E-state index is 5.90. The van der Waals surface area contributed by atoms with Gasteiger partial charge in [0.2, 0.25) is 0 Å². The van der Waals surface area contributed by atoms with Crippen LogP contribution in [0.3, 0.4) is 0 Å². The van der Waals surface area contributed by atoms with E-state index in [4.69, 9.17) is 16.3 Å². The van der Waals surface area contributed by atoms with E-state index in [1.54, 1.807) is 0 Å². The average molecular weight is 274 g/mol. The summed E-state index contributed by atoms with van der Waals surface area (Å²) in [5, 5.41) is 4.11. The van der Waals surface area contributed by atoms with Crippen LogP contribution in [-0.2, 0) is 4.74 Å². The molecule has 1 fully saturated rings. The van der Waals surface area contributed by atoms with Gasteiger partial charge >= 0.3 is 0 Å². The monoisotopic (exact) mass is 273 g/mol. The van der Waals surface area contributed by atoms with Crippen molar-refractivity contribution >= 4 is 11.6 Å². The molecular formula is C16H16ClNO. The summed E-state index contributed by atoms with van der Waals surface area (Å²) in [6.45, 7) is 2.61. The fraction of sp³-hybridized carbons (Fsp3) is 0.250. The first-order valence-corrected chi connectivity index (χ1v) is 6.89. The Labute approximate surface area is 118 Å². The number of benzene rings is 2. The molecule has 1 aliphatic rings. The average Bonchev–Trinajstić information content (AvgIpc) is 2.49. The molecule has 1 atom stereocenters. The molecule has 1 N–H and O–H groups in total. The minimum atomic E-state index is 0.174. The van der Waals surface area contributed by atoms with Crippen LogP contribution >= 0.6 is 11.6 Å². The Balaban J connectivity index is 1.80. The molecule has 0 amide bonds. The minimum Gasteiger partial charge on any atom is -0.371 e. The molecular weight excluding hydrogens is 258 g/mol. The van der Waals surface area contributed by atoms with Crippen molar-refractivity contribution in [3.05, 3.63) is 59.1 Å². The highest BCUT2D eigenvalue weighted by Gasteiger charge is 2.15. The van der Waals surface area contributed by atoms with Gasteiger partial charge in [-0.25, -0.2) is 0 Å². The third-order valence-electron chi connectivity index (χ3n) is 3.39. The number of morpholine rings is 1. The van der Waals surface area contributed by atoms with E-state index in [9.17, 15) is 0 Å². The van der Waals surface area contributed by atoms with Crippen LogP contribution in [0, 0.1) is 0 Å². The molecule has 0 radical (unpaired) electrons. The van der Waals surface area contributed by atoms with E-state index >= 15 is 0 Å². The second-order valence-corrected chi connectivity index (χ2v) is 5.13. The van der Waals surface area contributed by atoms with Crippen molar-refractivity contribution in [2.75, 3.05) is 19.7 Å². The van der Waals surface area contributed by atoms with Gasteiger partial charge in [-0.1, -0.05) is 48.0 Å². The molecule has 98 valence electrons. The van der Waals surface area contributed by atoms with Crippen LogP contribution in [0.25, 0.3) is 11.1 Å². The van der Waals surface area contributed by atoms with Crippen molar-refractivity contribution in [3.8, 4) is 11.1 Å². The summed E-state index contributed by atoms with van der Waals surface area (Å²) in [6, 6.07) is 16.5. The molecule has 3 rings (SSSR count). The third kappa shape index (κ3) is 2.98. The van der Waals surface area contributed by atoms with Gasteiger partial charge in [0.1, 0.15) is 0 Å². The lowest BCUT2D eigenvalue weighted by Crippen LogP contribution is -2.33. The van der Waals surface area contributed by atoms with Gasteiger partial charge in [-0.15, -0.1) is 0 Å². The highest BCUT2D eigenvalue weighted by atomic mass is 35.5. The zero-order chi connectivity index (χ0) is 13.1. The Kier molecular flexibility index (Phi) is 3.83. The lowest BCUT2D eigenvalue weighted by molar-refractivity contribution is 0.0277. The van der Waals surface area contributed by atoms with Gasteiger partial charge in [0.15, 0.2) is 0 Å². The number of nitrogens with one attached hydrogen (secondary N) is 1. The van der Waals surface area contributed by atoms with Crippen LogP contribution in [0.2, 0.25) is 5.02 Å². The first-order chi connectivity index (χ1) is 9.33. The zero-order valence-corrected chi connectivity index (χ0v) is 11.4. The smallest absolute Gasteiger partial charge is 0.0949 e. The second-order valence-electron chi connectivity index (χ2n) is 4.69. The van der Waals surface area contributed by atoms with Crippen LogP contribution in [0.1, 0.15) is 11.7 Å². The van der Waals surface area contributed by atoms with Gasteiger partial charge in [-0.3, -0.25) is 0 Å². The van der Waals surface area contributed by atoms with Crippen molar-refractivity contribution in [1.82, 2.24) is 5.32 Å². The van der Waals surface area contributed by atoms with Crippen LogP contribution in [-0.4, -0.2) is 19.7 Å². The number of hydrogen-bond acceptors (Lipinski definition) is 2. The molecule has 0 saturated carbocycles. The first kappa shape index (κ1) is 12.7. The van der Waals surface area contributed by atoms with Crippen molar-refractivity contribution in [2.45, 2.75) is 6.10 Å². The van der Waals surface area contributed by atoms with E-state index in [2.05, 4.69) is 29.6 Å². The van der Waals surface area contributed by atoms with Gasteiger partial charge in [0, 0.05) is 18.1 Å². The highest BCUT2D eigenvalue weighted by molar-refractivity contribution is 6.30. The van der Waals surface area contributed by atoms with Gasteiger partial charge in [-0.05, 0) is 28.8 Å². The lowest BCUT2D eigenvalue weighted by atomic mass is 10.0. The topological polar surface area (TPSA) is 21.3 Å². The Morgan fingerprint density at radius 3 is 2.16 bits per heavy atom. The van der Waals surface area contributed by atoms with Crippen LogP contribution in [0.5, 0.6) is 0 Å². The summed E-state index contributed by atoms with van der Waals surface area (Å²) in [4.78, 5) is 0. The molecule has 0 aliphatic carbocycles. The number of ether oxygens (including phenoxy) is 1. The van der Waals surface area contributed by atoms with E-state index < -0.39 is 0 Å². The second kappa shape index (κ2) is 5.74. The molecule has 19 heavy (non-hydrogen) atoms. The molecule has 2 aromatic carbocycles. The quantitative estimate of drug-likeness (QED) is 0.901. The van der Waals surface area contributed by atoms with Crippen molar-refractivity contribution in [1.29, 1.82) is 0 Å². The summed E-state index contributed by atoms with van der Waals surface area (Å²) in [5.41, 5.74) is 3.60. The highest BCUT2D eigenvalue weighted by Crippen LogP contribution is 2.25. The largest absolute Gasteiger partial charge is 0.371 e. The van der Waals surface area contributed by atoms with E-state index in [0.29, 0.717) is 0 Å². The molecule has 2 aromatic rings. The summed E-state index contributed by atoms with van der Waals surface area (Å²) < 4.78 is 5.75. The molecule has 0 aromatic heterocycles. The summed E-state index contributed by atoms with van der Waals surface area (Å²) in [6.07, 6.45) is 0.174. The van der Waals surface area contributed by atoms with Crippen molar-refractivity contribution < 1.29 is 4.74 Å². The van der Waals surface area contributed by atoms with E-state index in [0.717, 1.165) is 24.7 Å². The van der Waals surface area contributed by atoms with Crippen molar-refractivity contribution in [3.63, 3.8) is 0 Å². The molecule has 1 aliphatic heterocycles. The molecule has 0 spiro atoms. The zero-order valence-electron chi connectivity index (χ0n) is 10.6. The summed E-state index contributed by atoms with van der Waals surface area (Å²) in [5.74, 6) is 0. The van der Waals surface area contributed by atoms with Gasteiger partial charge < -0.3 is 10.1 Å². The number of hydrogen-bond donors (Lipinski definition) is 1. The predicted octanol–water partition coefficient (Wildman–Crippen LogP) is 3.67. The van der Waals surface area contributed by atoms with Crippen molar-refractivity contribution in [2.24, 2.45) is 0 Å². The van der Waals surface area contributed by atoms with Crippen LogP contribution in [0.4, 0.5) is 0 Å². The minimum absolute atomic E-state index is 0.174. The molecule has 0 bridgehead atoms. The molecule has 3 heteroatoms.